The first kappa shape index (κ1) is 22.5. The molecular weight excluding hydrogens is 429 g/mol. The number of nitrogens with zero attached hydrogens (tertiary/aromatic N) is 3. The first-order valence-corrected chi connectivity index (χ1v) is 10.6. The van der Waals surface area contributed by atoms with Gasteiger partial charge in [-0.2, -0.15) is 5.01 Å². The molecule has 2 aliphatic rings. The number of methoxy groups -OCH3 is 1. The highest BCUT2D eigenvalue weighted by Crippen LogP contribution is 2.29. The molecule has 2 aromatic carbocycles. The molecule has 2 aromatic rings. The van der Waals surface area contributed by atoms with Gasteiger partial charge < -0.3 is 15.0 Å². The second-order valence-corrected chi connectivity index (χ2v) is 8.20. The number of amides is 4. The van der Waals surface area contributed by atoms with Gasteiger partial charge in [0.1, 0.15) is 17.1 Å². The van der Waals surface area contributed by atoms with E-state index in [1.807, 2.05) is 4.90 Å². The summed E-state index contributed by atoms with van der Waals surface area (Å²) in [5.74, 6) is -0.665. The van der Waals surface area contributed by atoms with Crippen molar-refractivity contribution in [2.24, 2.45) is 0 Å². The first-order chi connectivity index (χ1) is 15.8. The van der Waals surface area contributed by atoms with Crippen molar-refractivity contribution in [2.75, 3.05) is 44.7 Å². The Morgan fingerprint density at radius 2 is 1.70 bits per heavy atom. The molecule has 2 N–H and O–H groups in total. The average molecular weight is 455 g/mol. The Morgan fingerprint density at radius 3 is 2.30 bits per heavy atom. The zero-order valence-corrected chi connectivity index (χ0v) is 18.5. The average Bonchev–Trinajstić information content (AvgIpc) is 3.04. The van der Waals surface area contributed by atoms with Crippen LogP contribution < -0.4 is 20.4 Å². The Hall–Kier alpha value is -3.66. The molecule has 1 unspecified atom stereocenters. The molecule has 174 valence electrons. The van der Waals surface area contributed by atoms with Gasteiger partial charge in [0, 0.05) is 31.9 Å². The minimum Gasteiger partial charge on any atom is -0.497 e. The lowest BCUT2D eigenvalue weighted by Crippen LogP contribution is -2.53. The zero-order chi connectivity index (χ0) is 23.6. The van der Waals surface area contributed by atoms with Crippen molar-refractivity contribution in [1.82, 2.24) is 20.7 Å². The highest BCUT2D eigenvalue weighted by Gasteiger charge is 2.50. The molecule has 4 rings (SSSR count). The van der Waals surface area contributed by atoms with Crippen LogP contribution in [0.1, 0.15) is 12.5 Å². The fraction of sp³-hybridized carbons (Fsp3) is 0.348. The van der Waals surface area contributed by atoms with E-state index in [2.05, 4.69) is 15.6 Å². The third-order valence-electron chi connectivity index (χ3n) is 6.03. The van der Waals surface area contributed by atoms with E-state index in [1.165, 1.54) is 12.1 Å². The van der Waals surface area contributed by atoms with Gasteiger partial charge in [-0.1, -0.05) is 12.1 Å². The summed E-state index contributed by atoms with van der Waals surface area (Å²) in [6, 6.07) is 12.4. The highest BCUT2D eigenvalue weighted by molar-refractivity contribution is 6.08. The number of carbonyl (C=O) groups is 3. The largest absolute Gasteiger partial charge is 0.497 e. The molecule has 0 saturated carbocycles. The molecule has 4 amide bonds. The van der Waals surface area contributed by atoms with Crippen LogP contribution in [-0.4, -0.2) is 67.6 Å². The lowest BCUT2D eigenvalue weighted by molar-refractivity contribution is -0.139. The molecule has 1 atom stereocenters. The molecule has 2 aliphatic heterocycles. The maximum Gasteiger partial charge on any atom is 0.344 e. The number of halogens is 1. The summed E-state index contributed by atoms with van der Waals surface area (Å²) in [5, 5.41) is 3.39. The maximum absolute atomic E-state index is 13.1. The normalized spacial score (nSPS) is 21.2. The van der Waals surface area contributed by atoms with Gasteiger partial charge in [-0.05, 0) is 48.9 Å². The maximum atomic E-state index is 13.1. The second-order valence-electron chi connectivity index (χ2n) is 8.20. The van der Waals surface area contributed by atoms with Gasteiger partial charge in [-0.25, -0.2) is 9.18 Å². The van der Waals surface area contributed by atoms with Gasteiger partial charge in [0.05, 0.1) is 13.7 Å². The highest BCUT2D eigenvalue weighted by atomic mass is 19.1. The molecule has 0 radical (unpaired) electrons. The lowest BCUT2D eigenvalue weighted by Gasteiger charge is -2.35. The number of piperazine rings is 1. The molecule has 2 saturated heterocycles. The third kappa shape index (κ3) is 4.61. The summed E-state index contributed by atoms with van der Waals surface area (Å²) in [5.41, 5.74) is 2.65. The summed E-state index contributed by atoms with van der Waals surface area (Å²) in [4.78, 5) is 42.1. The molecule has 0 aromatic heterocycles. The van der Waals surface area contributed by atoms with E-state index in [-0.39, 0.29) is 12.4 Å². The number of hydrazine groups is 1. The molecule has 0 spiro atoms. The number of hydrogen-bond donors (Lipinski definition) is 2. The Labute approximate surface area is 191 Å². The van der Waals surface area contributed by atoms with E-state index in [0.29, 0.717) is 37.5 Å². The van der Waals surface area contributed by atoms with E-state index in [4.69, 9.17) is 4.74 Å². The van der Waals surface area contributed by atoms with Crippen molar-refractivity contribution in [3.05, 3.63) is 59.9 Å². The predicted molar refractivity (Wildman–Crippen MR) is 119 cm³/mol. The van der Waals surface area contributed by atoms with Crippen LogP contribution in [0.5, 0.6) is 5.75 Å². The molecular formula is C23H26FN5O4. The summed E-state index contributed by atoms with van der Waals surface area (Å²) in [6.07, 6.45) is 0. The van der Waals surface area contributed by atoms with E-state index >= 15 is 0 Å². The Morgan fingerprint density at radius 1 is 1.06 bits per heavy atom. The van der Waals surface area contributed by atoms with Crippen molar-refractivity contribution >= 4 is 23.5 Å². The van der Waals surface area contributed by atoms with Crippen LogP contribution >= 0.6 is 0 Å². The molecule has 10 heteroatoms. The Bertz CT molecular complexity index is 1040. The van der Waals surface area contributed by atoms with Crippen LogP contribution in [0.2, 0.25) is 0 Å². The predicted octanol–water partition coefficient (Wildman–Crippen LogP) is 1.45. The first-order valence-electron chi connectivity index (χ1n) is 10.6. The Balaban J connectivity index is 1.32. The molecule has 33 heavy (non-hydrogen) atoms. The number of urea groups is 1. The van der Waals surface area contributed by atoms with Crippen LogP contribution in [0, 0.1) is 5.82 Å². The lowest BCUT2D eigenvalue weighted by atomic mass is 9.92. The van der Waals surface area contributed by atoms with E-state index in [1.54, 1.807) is 50.4 Å². The number of ether oxygens (including phenoxy) is 1. The van der Waals surface area contributed by atoms with Crippen molar-refractivity contribution < 1.29 is 23.5 Å². The monoisotopic (exact) mass is 455 g/mol. The smallest absolute Gasteiger partial charge is 0.344 e. The summed E-state index contributed by atoms with van der Waals surface area (Å²) in [7, 11) is 1.54. The van der Waals surface area contributed by atoms with Crippen molar-refractivity contribution in [1.29, 1.82) is 0 Å². The van der Waals surface area contributed by atoms with Crippen LogP contribution in [-0.2, 0) is 15.1 Å². The molecule has 0 aliphatic carbocycles. The van der Waals surface area contributed by atoms with E-state index < -0.39 is 23.4 Å². The number of imide groups is 1. The fourth-order valence-electron chi connectivity index (χ4n) is 4.04. The minimum absolute atomic E-state index is 0.0492. The standard InChI is InChI=1S/C23H26FN5O4/c1-23(16-3-9-19(33-2)10-4-16)21(31)29(22(32)25-23)26-20(30)15-27-11-13-28(14-12-27)18-7-5-17(24)6-8-18/h3-10H,11-15H2,1-2H3,(H,25,32)(H,26,30). The summed E-state index contributed by atoms with van der Waals surface area (Å²) >= 11 is 0. The number of rotatable bonds is 6. The van der Waals surface area contributed by atoms with Crippen LogP contribution in [0.3, 0.4) is 0 Å². The molecule has 0 bridgehead atoms. The third-order valence-corrected chi connectivity index (χ3v) is 6.03. The van der Waals surface area contributed by atoms with E-state index in [0.717, 1.165) is 10.7 Å². The number of carbonyl (C=O) groups excluding carboxylic acids is 3. The fourth-order valence-corrected chi connectivity index (χ4v) is 4.04. The van der Waals surface area contributed by atoms with Gasteiger partial charge in [0.15, 0.2) is 0 Å². The second kappa shape index (κ2) is 9.07. The zero-order valence-electron chi connectivity index (χ0n) is 18.5. The van der Waals surface area contributed by atoms with Crippen molar-refractivity contribution in [2.45, 2.75) is 12.5 Å². The molecule has 2 fully saturated rings. The van der Waals surface area contributed by atoms with Crippen LogP contribution in [0.4, 0.5) is 14.9 Å². The van der Waals surface area contributed by atoms with Crippen LogP contribution in [0.15, 0.2) is 48.5 Å². The number of benzene rings is 2. The van der Waals surface area contributed by atoms with E-state index in [9.17, 15) is 18.8 Å². The quantitative estimate of drug-likeness (QED) is 0.641. The number of nitrogens with one attached hydrogen (secondary N) is 2. The number of hydrogen-bond acceptors (Lipinski definition) is 6. The molecule has 9 nitrogen and oxygen atoms in total. The summed E-state index contributed by atoms with van der Waals surface area (Å²) < 4.78 is 18.3. The summed E-state index contributed by atoms with van der Waals surface area (Å²) in [6.45, 7) is 4.24. The van der Waals surface area contributed by atoms with Gasteiger partial charge in [0.25, 0.3) is 11.8 Å². The SMILES string of the molecule is COc1ccc(C2(C)NC(=O)N(NC(=O)CN3CCN(c4ccc(F)cc4)CC3)C2=O)cc1. The van der Waals surface area contributed by atoms with Gasteiger partial charge in [-0.3, -0.25) is 19.9 Å². The van der Waals surface area contributed by atoms with Gasteiger partial charge in [0.2, 0.25) is 0 Å². The van der Waals surface area contributed by atoms with Crippen molar-refractivity contribution in [3.63, 3.8) is 0 Å². The van der Waals surface area contributed by atoms with Crippen LogP contribution in [0.25, 0.3) is 0 Å². The number of anilines is 1. The minimum atomic E-state index is -1.29. The van der Waals surface area contributed by atoms with Gasteiger partial charge in [-0.15, -0.1) is 0 Å². The Kier molecular flexibility index (Phi) is 6.19. The van der Waals surface area contributed by atoms with Crippen molar-refractivity contribution in [3.8, 4) is 5.75 Å². The topological polar surface area (TPSA) is 94.2 Å². The van der Waals surface area contributed by atoms with Gasteiger partial charge >= 0.3 is 6.03 Å². The molecule has 2 heterocycles.